The standard InChI is InChI=1S/C16H16FN3O4/c17-13-3-1-12(2-4-13)11-18-7-9-19(10-8-18)16(21)14-5-6-15(24-14)20(22)23/h1-6H,7-11H2. The van der Waals surface area contributed by atoms with Gasteiger partial charge in [-0.2, -0.15) is 0 Å². The number of nitrogens with zero attached hydrogens (tertiary/aromatic N) is 3. The van der Waals surface area contributed by atoms with Gasteiger partial charge in [0.05, 0.1) is 6.07 Å². The van der Waals surface area contributed by atoms with E-state index in [-0.39, 0.29) is 17.5 Å². The van der Waals surface area contributed by atoms with Crippen molar-refractivity contribution >= 4 is 11.8 Å². The van der Waals surface area contributed by atoms with E-state index >= 15 is 0 Å². The second kappa shape index (κ2) is 6.79. The Morgan fingerprint density at radius 2 is 1.79 bits per heavy atom. The normalized spacial score (nSPS) is 15.5. The summed E-state index contributed by atoms with van der Waals surface area (Å²) in [5, 5.41) is 10.6. The summed E-state index contributed by atoms with van der Waals surface area (Å²) in [5.74, 6) is -1.06. The molecule has 0 radical (unpaired) electrons. The lowest BCUT2D eigenvalue weighted by Crippen LogP contribution is -2.48. The van der Waals surface area contributed by atoms with Gasteiger partial charge in [-0.15, -0.1) is 0 Å². The van der Waals surface area contributed by atoms with Crippen LogP contribution in [0.25, 0.3) is 0 Å². The van der Waals surface area contributed by atoms with E-state index in [1.165, 1.54) is 24.3 Å². The first kappa shape index (κ1) is 16.1. The van der Waals surface area contributed by atoms with Crippen LogP contribution in [-0.2, 0) is 6.54 Å². The molecule has 8 heteroatoms. The van der Waals surface area contributed by atoms with Gasteiger partial charge in [0.1, 0.15) is 10.7 Å². The van der Waals surface area contributed by atoms with Gasteiger partial charge in [0.15, 0.2) is 5.76 Å². The van der Waals surface area contributed by atoms with E-state index in [4.69, 9.17) is 4.42 Å². The van der Waals surface area contributed by atoms with E-state index in [0.717, 1.165) is 5.56 Å². The van der Waals surface area contributed by atoms with Crippen LogP contribution in [0.2, 0.25) is 0 Å². The number of nitro groups is 1. The van der Waals surface area contributed by atoms with E-state index in [9.17, 15) is 19.3 Å². The second-order valence-electron chi connectivity index (χ2n) is 5.59. The summed E-state index contributed by atoms with van der Waals surface area (Å²) in [6, 6.07) is 8.85. The third-order valence-corrected chi connectivity index (χ3v) is 3.96. The summed E-state index contributed by atoms with van der Waals surface area (Å²) < 4.78 is 17.9. The fourth-order valence-electron chi connectivity index (χ4n) is 2.65. The van der Waals surface area contributed by atoms with Crippen LogP contribution in [0.4, 0.5) is 10.3 Å². The molecule has 1 aromatic carbocycles. The van der Waals surface area contributed by atoms with Crippen LogP contribution in [0, 0.1) is 15.9 Å². The molecule has 126 valence electrons. The first-order chi connectivity index (χ1) is 11.5. The lowest BCUT2D eigenvalue weighted by atomic mass is 10.2. The Balaban J connectivity index is 1.55. The zero-order valence-corrected chi connectivity index (χ0v) is 12.9. The van der Waals surface area contributed by atoms with Gasteiger partial charge in [0.25, 0.3) is 5.91 Å². The van der Waals surface area contributed by atoms with Gasteiger partial charge >= 0.3 is 5.88 Å². The summed E-state index contributed by atoms with van der Waals surface area (Å²) in [5.41, 5.74) is 1.01. The molecular weight excluding hydrogens is 317 g/mol. The first-order valence-corrected chi connectivity index (χ1v) is 7.53. The maximum absolute atomic E-state index is 12.9. The van der Waals surface area contributed by atoms with Gasteiger partial charge in [-0.25, -0.2) is 4.39 Å². The van der Waals surface area contributed by atoms with Crippen LogP contribution >= 0.6 is 0 Å². The maximum Gasteiger partial charge on any atom is 0.433 e. The minimum Gasteiger partial charge on any atom is -0.395 e. The SMILES string of the molecule is O=C(c1ccc([N+](=O)[O-])o1)N1CCN(Cc2ccc(F)cc2)CC1. The topological polar surface area (TPSA) is 79.8 Å². The minimum atomic E-state index is -0.669. The van der Waals surface area contributed by atoms with Gasteiger partial charge in [0, 0.05) is 32.7 Å². The molecule has 0 saturated carbocycles. The molecule has 7 nitrogen and oxygen atoms in total. The predicted octanol–water partition coefficient (Wildman–Crippen LogP) is 2.28. The molecule has 1 aliphatic rings. The lowest BCUT2D eigenvalue weighted by molar-refractivity contribution is -0.402. The molecule has 0 unspecified atom stereocenters. The third kappa shape index (κ3) is 3.60. The highest BCUT2D eigenvalue weighted by Gasteiger charge is 2.25. The molecule has 1 fully saturated rings. The Morgan fingerprint density at radius 1 is 1.12 bits per heavy atom. The fourth-order valence-corrected chi connectivity index (χ4v) is 2.65. The van der Waals surface area contributed by atoms with Crippen molar-refractivity contribution in [3.05, 3.63) is 63.7 Å². The number of rotatable bonds is 4. The highest BCUT2D eigenvalue weighted by atomic mass is 19.1. The van der Waals surface area contributed by atoms with Crippen molar-refractivity contribution in [3.8, 4) is 0 Å². The quantitative estimate of drug-likeness (QED) is 0.633. The summed E-state index contributed by atoms with van der Waals surface area (Å²) in [6.45, 7) is 3.05. The highest BCUT2D eigenvalue weighted by molar-refractivity contribution is 5.91. The number of furan rings is 1. The number of halogens is 1. The molecule has 2 heterocycles. The van der Waals surface area contributed by atoms with Crippen LogP contribution in [0.15, 0.2) is 40.8 Å². The zero-order valence-electron chi connectivity index (χ0n) is 12.9. The smallest absolute Gasteiger partial charge is 0.395 e. The molecule has 0 N–H and O–H groups in total. The highest BCUT2D eigenvalue weighted by Crippen LogP contribution is 2.18. The Morgan fingerprint density at radius 3 is 2.38 bits per heavy atom. The zero-order chi connectivity index (χ0) is 17.1. The van der Waals surface area contributed by atoms with E-state index in [0.29, 0.717) is 32.7 Å². The van der Waals surface area contributed by atoms with E-state index in [2.05, 4.69) is 4.90 Å². The summed E-state index contributed by atoms with van der Waals surface area (Å²) in [7, 11) is 0. The Hall–Kier alpha value is -2.74. The van der Waals surface area contributed by atoms with Crippen molar-refractivity contribution < 1.29 is 18.5 Å². The number of benzene rings is 1. The van der Waals surface area contributed by atoms with Crippen molar-refractivity contribution in [2.45, 2.75) is 6.54 Å². The average Bonchev–Trinajstić information content (AvgIpc) is 3.07. The monoisotopic (exact) mass is 333 g/mol. The van der Waals surface area contributed by atoms with Crippen LogP contribution in [0.1, 0.15) is 16.1 Å². The summed E-state index contributed by atoms with van der Waals surface area (Å²) in [6.07, 6.45) is 0. The fraction of sp³-hybridized carbons (Fsp3) is 0.312. The van der Waals surface area contributed by atoms with E-state index < -0.39 is 10.8 Å². The third-order valence-electron chi connectivity index (χ3n) is 3.96. The number of carbonyl (C=O) groups excluding carboxylic acids is 1. The molecule has 2 aromatic rings. The van der Waals surface area contributed by atoms with E-state index in [1.807, 2.05) is 0 Å². The van der Waals surface area contributed by atoms with Crippen LogP contribution in [0.3, 0.4) is 0 Å². The predicted molar refractivity (Wildman–Crippen MR) is 82.9 cm³/mol. The van der Waals surface area contributed by atoms with Crippen molar-refractivity contribution in [1.29, 1.82) is 0 Å². The van der Waals surface area contributed by atoms with Gasteiger partial charge in [-0.1, -0.05) is 12.1 Å². The Labute approximate surface area is 137 Å². The Bertz CT molecular complexity index is 736. The van der Waals surface area contributed by atoms with Crippen molar-refractivity contribution in [2.24, 2.45) is 0 Å². The first-order valence-electron chi connectivity index (χ1n) is 7.53. The van der Waals surface area contributed by atoms with Gasteiger partial charge in [0.2, 0.25) is 0 Å². The van der Waals surface area contributed by atoms with Crippen LogP contribution in [0.5, 0.6) is 0 Å². The summed E-state index contributed by atoms with van der Waals surface area (Å²) >= 11 is 0. The molecule has 0 spiro atoms. The Kier molecular flexibility index (Phi) is 4.57. The van der Waals surface area contributed by atoms with Gasteiger partial charge < -0.3 is 9.32 Å². The van der Waals surface area contributed by atoms with Crippen LogP contribution < -0.4 is 0 Å². The molecule has 1 aromatic heterocycles. The molecule has 3 rings (SSSR count). The second-order valence-corrected chi connectivity index (χ2v) is 5.59. The number of hydrogen-bond donors (Lipinski definition) is 0. The number of amides is 1. The molecule has 0 atom stereocenters. The van der Waals surface area contributed by atoms with E-state index in [1.54, 1.807) is 17.0 Å². The molecule has 0 bridgehead atoms. The summed E-state index contributed by atoms with van der Waals surface area (Å²) in [4.78, 5) is 26.0. The molecule has 1 amide bonds. The lowest BCUT2D eigenvalue weighted by Gasteiger charge is -2.34. The average molecular weight is 333 g/mol. The van der Waals surface area contributed by atoms with Crippen molar-refractivity contribution in [3.63, 3.8) is 0 Å². The maximum atomic E-state index is 12.9. The molecular formula is C16H16FN3O4. The largest absolute Gasteiger partial charge is 0.433 e. The number of hydrogen-bond acceptors (Lipinski definition) is 5. The number of carbonyl (C=O) groups is 1. The number of piperazine rings is 1. The van der Waals surface area contributed by atoms with Crippen molar-refractivity contribution in [2.75, 3.05) is 26.2 Å². The molecule has 1 aliphatic heterocycles. The molecule has 0 aliphatic carbocycles. The van der Waals surface area contributed by atoms with Gasteiger partial charge in [-0.3, -0.25) is 19.8 Å². The van der Waals surface area contributed by atoms with Crippen molar-refractivity contribution in [1.82, 2.24) is 9.80 Å². The van der Waals surface area contributed by atoms with Gasteiger partial charge in [-0.05, 0) is 23.8 Å². The molecule has 24 heavy (non-hydrogen) atoms. The minimum absolute atomic E-state index is 0.0197. The van der Waals surface area contributed by atoms with Crippen LogP contribution in [-0.4, -0.2) is 46.8 Å². The molecule has 1 saturated heterocycles.